The number of carbonyl (C=O) groups is 1. The number of aliphatic hydroxyl groups excluding tert-OH is 1. The molecule has 0 aromatic heterocycles. The van der Waals surface area contributed by atoms with E-state index in [4.69, 9.17) is 4.74 Å². The normalized spacial score (nSPS) is 19.4. The first-order valence-corrected chi connectivity index (χ1v) is 26.3. The Balaban J connectivity index is 0.837. The van der Waals surface area contributed by atoms with Crippen molar-refractivity contribution in [3.05, 3.63) is 225 Å². The second-order valence-electron chi connectivity index (χ2n) is 23.8. The summed E-state index contributed by atoms with van der Waals surface area (Å²) in [6.07, 6.45) is 13.6. The van der Waals surface area contributed by atoms with Gasteiger partial charge in [-0.05, 0) is 214 Å². The van der Waals surface area contributed by atoms with Gasteiger partial charge >= 0.3 is 5.97 Å². The van der Waals surface area contributed by atoms with Crippen LogP contribution in [0.15, 0.2) is 175 Å². The number of rotatable bonds is 6. The van der Waals surface area contributed by atoms with Crippen molar-refractivity contribution in [1.82, 2.24) is 0 Å². The molecule has 1 unspecified atom stereocenters. The summed E-state index contributed by atoms with van der Waals surface area (Å²) in [5, 5.41) is 10.0. The lowest BCUT2D eigenvalue weighted by molar-refractivity contribution is -0.129. The fourth-order valence-electron chi connectivity index (χ4n) is 14.0. The van der Waals surface area contributed by atoms with Gasteiger partial charge in [-0.3, -0.25) is 0 Å². The third kappa shape index (κ3) is 6.80. The standard InChI is InChI=1S/C70H62O3/c1-40(71)30-66(72)73-49-32-47(45-22-28-56-54-26-20-43(36-62(54)69(6,7)64(56)38-45)41-18-24-52-50-14-10-12-16-58(50)67(2,3)60(52)34-41)31-48(33-49)46-23-29-57-55-27-21-44(37-63(55)70(8,9)65(57)39-46)42-19-25-53-51-15-11-13-17-59(51)68(4,5)61(53)35-42/h10-16,19-23,25-39,59,71H,17-18,24H2,1-9H3/b40-30-. The zero-order valence-corrected chi connectivity index (χ0v) is 43.6. The molecule has 0 amide bonds. The summed E-state index contributed by atoms with van der Waals surface area (Å²) in [6.45, 7) is 20.4. The van der Waals surface area contributed by atoms with Crippen LogP contribution in [0.5, 0.6) is 5.75 Å². The number of hydrogen-bond acceptors (Lipinski definition) is 3. The summed E-state index contributed by atoms with van der Waals surface area (Å²) in [5.41, 5.74) is 29.2. The number of aliphatic hydroxyl groups is 1. The molecule has 13 rings (SSSR count). The Morgan fingerprint density at radius 2 is 1.04 bits per heavy atom. The molecule has 7 aromatic carbocycles. The lowest BCUT2D eigenvalue weighted by Gasteiger charge is -2.29. The molecule has 0 heterocycles. The van der Waals surface area contributed by atoms with E-state index in [9.17, 15) is 9.90 Å². The molecule has 0 saturated carbocycles. The largest absolute Gasteiger partial charge is 0.512 e. The SMILES string of the molecule is C/C(O)=C/C(=O)Oc1cc(-c2ccc3c(c2)C(C)(C)c2cc(C4=CC5=C(CC4)c4ccccc4C5(C)C)ccc2-3)cc(-c2ccc3c(c2)C(C)(C)c2cc(-c4ccc5c(c4)C(C)(C)C4CC=CC=C54)ccc2-3)c1. The maximum Gasteiger partial charge on any atom is 0.339 e. The molecule has 0 radical (unpaired) electrons. The first-order valence-electron chi connectivity index (χ1n) is 26.3. The fraction of sp³-hybridized carbons (Fsp3) is 0.243. The number of ether oxygens (including phenoxy) is 1. The van der Waals surface area contributed by atoms with Gasteiger partial charge in [0.15, 0.2) is 0 Å². The van der Waals surface area contributed by atoms with Gasteiger partial charge in [-0.25, -0.2) is 4.79 Å². The molecule has 6 aliphatic carbocycles. The van der Waals surface area contributed by atoms with E-state index in [2.05, 4.69) is 201 Å². The molecule has 1 N–H and O–H groups in total. The van der Waals surface area contributed by atoms with Crippen LogP contribution < -0.4 is 4.74 Å². The number of hydrogen-bond donors (Lipinski definition) is 1. The molecular weight excluding hydrogens is 889 g/mol. The second kappa shape index (κ2) is 15.8. The predicted molar refractivity (Wildman–Crippen MR) is 302 cm³/mol. The Morgan fingerprint density at radius 3 is 1.62 bits per heavy atom. The number of fused-ring (bicyclic) bond motifs is 11. The van der Waals surface area contributed by atoms with Crippen LogP contribution in [0.2, 0.25) is 0 Å². The molecule has 0 bridgehead atoms. The quantitative estimate of drug-likeness (QED) is 0.0782. The van der Waals surface area contributed by atoms with Crippen LogP contribution in [-0.2, 0) is 26.5 Å². The van der Waals surface area contributed by atoms with Crippen molar-refractivity contribution in [2.45, 2.75) is 103 Å². The molecule has 0 spiro atoms. The first kappa shape index (κ1) is 45.4. The molecular formula is C70H62O3. The number of carbonyl (C=O) groups excluding carboxylic acids is 1. The molecule has 6 aliphatic rings. The zero-order chi connectivity index (χ0) is 50.5. The maximum atomic E-state index is 13.1. The van der Waals surface area contributed by atoms with Crippen molar-refractivity contribution in [3.8, 4) is 61.4 Å². The lowest BCUT2D eigenvalue weighted by Crippen LogP contribution is -2.23. The highest BCUT2D eigenvalue weighted by Crippen LogP contribution is 2.57. The summed E-state index contributed by atoms with van der Waals surface area (Å²) in [6, 6.07) is 50.0. The highest BCUT2D eigenvalue weighted by molar-refractivity contribution is 5.93. The predicted octanol–water partition coefficient (Wildman–Crippen LogP) is 17.8. The summed E-state index contributed by atoms with van der Waals surface area (Å²) in [4.78, 5) is 13.1. The van der Waals surface area contributed by atoms with E-state index in [1.54, 1.807) is 0 Å². The van der Waals surface area contributed by atoms with E-state index >= 15 is 0 Å². The topological polar surface area (TPSA) is 46.5 Å². The minimum absolute atomic E-state index is 0.0186. The molecule has 0 fully saturated rings. The van der Waals surface area contributed by atoms with Gasteiger partial charge in [0.25, 0.3) is 0 Å². The first-order chi connectivity index (χ1) is 34.9. The number of esters is 1. The van der Waals surface area contributed by atoms with E-state index < -0.39 is 5.97 Å². The Bertz CT molecular complexity index is 3770. The Labute approximate surface area is 431 Å². The van der Waals surface area contributed by atoms with E-state index in [1.165, 1.54) is 113 Å². The maximum absolute atomic E-state index is 13.1. The van der Waals surface area contributed by atoms with Crippen molar-refractivity contribution in [1.29, 1.82) is 0 Å². The highest BCUT2D eigenvalue weighted by Gasteiger charge is 2.44. The van der Waals surface area contributed by atoms with Crippen LogP contribution in [0.3, 0.4) is 0 Å². The van der Waals surface area contributed by atoms with E-state index in [0.717, 1.165) is 47.6 Å². The Hall–Kier alpha value is -7.49. The minimum Gasteiger partial charge on any atom is -0.512 e. The van der Waals surface area contributed by atoms with Crippen molar-refractivity contribution in [2.24, 2.45) is 5.92 Å². The average molecular weight is 951 g/mol. The summed E-state index contributed by atoms with van der Waals surface area (Å²) in [7, 11) is 0. The van der Waals surface area contributed by atoms with Crippen molar-refractivity contribution in [2.75, 3.05) is 0 Å². The van der Waals surface area contributed by atoms with Gasteiger partial charge < -0.3 is 9.84 Å². The summed E-state index contributed by atoms with van der Waals surface area (Å²) >= 11 is 0. The van der Waals surface area contributed by atoms with Gasteiger partial charge in [0.2, 0.25) is 0 Å². The van der Waals surface area contributed by atoms with Crippen LogP contribution in [0.1, 0.15) is 132 Å². The zero-order valence-electron chi connectivity index (χ0n) is 43.6. The van der Waals surface area contributed by atoms with Gasteiger partial charge in [0.05, 0.1) is 11.8 Å². The monoisotopic (exact) mass is 950 g/mol. The third-order valence-corrected chi connectivity index (χ3v) is 18.1. The molecule has 0 saturated heterocycles. The third-order valence-electron chi connectivity index (χ3n) is 18.1. The van der Waals surface area contributed by atoms with Crippen LogP contribution in [0.25, 0.3) is 72.4 Å². The molecule has 3 heteroatoms. The van der Waals surface area contributed by atoms with Gasteiger partial charge in [-0.15, -0.1) is 0 Å². The highest BCUT2D eigenvalue weighted by atomic mass is 16.5. The average Bonchev–Trinajstić information content (AvgIpc) is 3.95. The van der Waals surface area contributed by atoms with Crippen molar-refractivity contribution in [3.63, 3.8) is 0 Å². The molecule has 1 atom stereocenters. The van der Waals surface area contributed by atoms with Gasteiger partial charge in [-0.2, -0.15) is 0 Å². The van der Waals surface area contributed by atoms with Crippen LogP contribution in [0, 0.1) is 5.92 Å². The van der Waals surface area contributed by atoms with Crippen LogP contribution in [0.4, 0.5) is 0 Å². The van der Waals surface area contributed by atoms with Crippen molar-refractivity contribution >= 4 is 22.7 Å². The van der Waals surface area contributed by atoms with Gasteiger partial charge in [0.1, 0.15) is 5.75 Å². The van der Waals surface area contributed by atoms with E-state index in [-0.39, 0.29) is 27.4 Å². The van der Waals surface area contributed by atoms with Crippen LogP contribution >= 0.6 is 0 Å². The summed E-state index contributed by atoms with van der Waals surface area (Å²) < 4.78 is 5.98. The molecule has 7 aromatic rings. The van der Waals surface area contributed by atoms with Gasteiger partial charge in [0, 0.05) is 16.2 Å². The lowest BCUT2D eigenvalue weighted by atomic mass is 9.74. The van der Waals surface area contributed by atoms with Crippen molar-refractivity contribution < 1.29 is 14.6 Å². The Kier molecular flexibility index (Phi) is 9.79. The van der Waals surface area contributed by atoms with Gasteiger partial charge in [-0.1, -0.05) is 165 Å². The van der Waals surface area contributed by atoms with E-state index in [0.29, 0.717) is 11.7 Å². The second-order valence-corrected chi connectivity index (χ2v) is 23.8. The molecule has 360 valence electrons. The van der Waals surface area contributed by atoms with Crippen LogP contribution in [-0.4, -0.2) is 11.1 Å². The van der Waals surface area contributed by atoms with E-state index in [1.807, 2.05) is 12.1 Å². The fourth-order valence-corrected chi connectivity index (χ4v) is 14.0. The molecule has 0 aliphatic heterocycles. The molecule has 3 nitrogen and oxygen atoms in total. The summed E-state index contributed by atoms with van der Waals surface area (Å²) in [5.74, 6) is 0.218. The molecule has 73 heavy (non-hydrogen) atoms. The number of allylic oxidation sites excluding steroid dienone is 9. The Morgan fingerprint density at radius 1 is 0.534 bits per heavy atom. The minimum atomic E-state index is -0.619. The number of benzene rings is 7. The smallest absolute Gasteiger partial charge is 0.339 e.